The van der Waals surface area contributed by atoms with Crippen LogP contribution in [0.2, 0.25) is 0 Å². The van der Waals surface area contributed by atoms with Gasteiger partial charge < -0.3 is 10.6 Å². The number of hydrogen-bond acceptors (Lipinski definition) is 5. The molecule has 76 valence electrons. The molecule has 2 N–H and O–H groups in total. The van der Waals surface area contributed by atoms with Crippen molar-refractivity contribution in [3.63, 3.8) is 0 Å². The molecule has 0 aliphatic carbocycles. The Morgan fingerprint density at radius 2 is 2.57 bits per heavy atom. The molecule has 2 rings (SSSR count). The first kappa shape index (κ1) is 9.54. The molecule has 0 aromatic carbocycles. The van der Waals surface area contributed by atoms with Crippen molar-refractivity contribution in [2.24, 2.45) is 5.73 Å². The fourth-order valence-electron chi connectivity index (χ4n) is 1.61. The maximum atomic E-state index is 11.8. The first-order valence-corrected chi connectivity index (χ1v) is 5.43. The number of hydrogen-bond donors (Lipinski definition) is 1. The van der Waals surface area contributed by atoms with Crippen LogP contribution in [-0.4, -0.2) is 39.5 Å². The highest BCUT2D eigenvalue weighted by molar-refractivity contribution is 7.03. The molecule has 1 aromatic heterocycles. The lowest BCUT2D eigenvalue weighted by Gasteiger charge is -2.30. The van der Waals surface area contributed by atoms with Crippen LogP contribution in [0.4, 0.5) is 0 Å². The molecule has 1 aromatic rings. The van der Waals surface area contributed by atoms with Crippen molar-refractivity contribution in [3.05, 3.63) is 11.1 Å². The second-order valence-corrected chi connectivity index (χ2v) is 4.05. The number of nitrogens with two attached hydrogens (primary N) is 1. The maximum absolute atomic E-state index is 11.8. The van der Waals surface area contributed by atoms with Crippen LogP contribution in [0.1, 0.15) is 23.3 Å². The number of carbonyl (C=O) groups excluding carboxylic acids is 1. The van der Waals surface area contributed by atoms with E-state index in [0.717, 1.165) is 19.4 Å². The van der Waals surface area contributed by atoms with Crippen LogP contribution >= 0.6 is 11.5 Å². The number of amides is 1. The quantitative estimate of drug-likeness (QED) is 0.716. The smallest absolute Gasteiger partial charge is 0.275 e. The van der Waals surface area contributed by atoms with Crippen molar-refractivity contribution < 1.29 is 4.79 Å². The van der Waals surface area contributed by atoms with Gasteiger partial charge in [-0.15, -0.1) is 5.10 Å². The molecule has 1 fully saturated rings. The van der Waals surface area contributed by atoms with E-state index >= 15 is 0 Å². The molecule has 14 heavy (non-hydrogen) atoms. The zero-order chi connectivity index (χ0) is 9.97. The Morgan fingerprint density at radius 1 is 1.71 bits per heavy atom. The molecule has 0 saturated carbocycles. The van der Waals surface area contributed by atoms with E-state index < -0.39 is 0 Å². The van der Waals surface area contributed by atoms with Gasteiger partial charge in [-0.25, -0.2) is 0 Å². The molecular weight excluding hydrogens is 200 g/mol. The highest BCUT2D eigenvalue weighted by Crippen LogP contribution is 2.11. The maximum Gasteiger partial charge on any atom is 0.275 e. The Morgan fingerprint density at radius 3 is 3.21 bits per heavy atom. The SMILES string of the molecule is NC1CCCN(C(=O)c2csnn2)C1. The van der Waals surface area contributed by atoms with E-state index in [1.165, 1.54) is 11.5 Å². The molecule has 1 aliphatic rings. The lowest BCUT2D eigenvalue weighted by Crippen LogP contribution is -2.45. The van der Waals surface area contributed by atoms with Crippen LogP contribution in [0.5, 0.6) is 0 Å². The molecule has 0 bridgehead atoms. The van der Waals surface area contributed by atoms with Crippen molar-refractivity contribution >= 4 is 17.4 Å². The summed E-state index contributed by atoms with van der Waals surface area (Å²) in [7, 11) is 0. The second-order valence-electron chi connectivity index (χ2n) is 3.44. The molecule has 0 radical (unpaired) electrons. The monoisotopic (exact) mass is 212 g/mol. The van der Waals surface area contributed by atoms with E-state index in [0.29, 0.717) is 12.2 Å². The van der Waals surface area contributed by atoms with E-state index in [2.05, 4.69) is 9.59 Å². The fraction of sp³-hybridized carbons (Fsp3) is 0.625. The summed E-state index contributed by atoms with van der Waals surface area (Å²) in [5.74, 6) is -0.0473. The normalized spacial score (nSPS) is 22.4. The second kappa shape index (κ2) is 4.02. The molecule has 1 amide bonds. The summed E-state index contributed by atoms with van der Waals surface area (Å²) in [5.41, 5.74) is 6.22. The van der Waals surface area contributed by atoms with Crippen LogP contribution in [0.15, 0.2) is 5.38 Å². The van der Waals surface area contributed by atoms with Gasteiger partial charge in [0.05, 0.1) is 0 Å². The van der Waals surface area contributed by atoms with Gasteiger partial charge in [0, 0.05) is 24.5 Å². The number of piperidine rings is 1. The standard InChI is InChI=1S/C8H12N4OS/c9-6-2-1-3-12(4-6)8(13)7-5-14-11-10-7/h5-6H,1-4,9H2. The van der Waals surface area contributed by atoms with Crippen molar-refractivity contribution in [2.75, 3.05) is 13.1 Å². The van der Waals surface area contributed by atoms with Crippen LogP contribution < -0.4 is 5.73 Å². The Labute approximate surface area is 86.1 Å². The van der Waals surface area contributed by atoms with Gasteiger partial charge in [-0.05, 0) is 24.4 Å². The van der Waals surface area contributed by atoms with Gasteiger partial charge in [-0.2, -0.15) is 0 Å². The summed E-state index contributed by atoms with van der Waals surface area (Å²) >= 11 is 1.19. The Kier molecular flexibility index (Phi) is 2.74. The molecule has 1 unspecified atom stereocenters. The van der Waals surface area contributed by atoms with E-state index in [1.807, 2.05) is 0 Å². The highest BCUT2D eigenvalue weighted by Gasteiger charge is 2.23. The Hall–Kier alpha value is -1.01. The Balaban J connectivity index is 2.04. The molecular formula is C8H12N4OS. The zero-order valence-corrected chi connectivity index (χ0v) is 8.54. The summed E-state index contributed by atoms with van der Waals surface area (Å²) < 4.78 is 3.67. The molecule has 5 nitrogen and oxygen atoms in total. The van der Waals surface area contributed by atoms with Gasteiger partial charge in [0.1, 0.15) is 0 Å². The van der Waals surface area contributed by atoms with Gasteiger partial charge in [-0.1, -0.05) is 4.49 Å². The minimum absolute atomic E-state index is 0.0473. The summed E-state index contributed by atoms with van der Waals surface area (Å²) in [5, 5.41) is 5.42. The average molecular weight is 212 g/mol. The van der Waals surface area contributed by atoms with Crippen LogP contribution in [0, 0.1) is 0 Å². The third kappa shape index (κ3) is 1.91. The molecule has 0 spiro atoms. The summed E-state index contributed by atoms with van der Waals surface area (Å²) in [6, 6.07) is 0.110. The predicted molar refractivity (Wildman–Crippen MR) is 53.0 cm³/mol. The van der Waals surface area contributed by atoms with Crippen LogP contribution in [0.25, 0.3) is 0 Å². The summed E-state index contributed by atoms with van der Waals surface area (Å²) in [6.45, 7) is 1.42. The number of aromatic nitrogens is 2. The molecule has 6 heteroatoms. The molecule has 1 saturated heterocycles. The molecule has 1 aliphatic heterocycles. The van der Waals surface area contributed by atoms with E-state index in [4.69, 9.17) is 5.73 Å². The third-order valence-electron chi connectivity index (χ3n) is 2.32. The van der Waals surface area contributed by atoms with E-state index in [-0.39, 0.29) is 11.9 Å². The van der Waals surface area contributed by atoms with Crippen molar-refractivity contribution in [3.8, 4) is 0 Å². The first-order valence-electron chi connectivity index (χ1n) is 4.59. The topological polar surface area (TPSA) is 72.1 Å². The third-order valence-corrected chi connectivity index (χ3v) is 2.83. The number of nitrogens with zero attached hydrogens (tertiary/aromatic N) is 3. The fourth-order valence-corrected chi connectivity index (χ4v) is 2.04. The molecule has 1 atom stereocenters. The van der Waals surface area contributed by atoms with Crippen LogP contribution in [-0.2, 0) is 0 Å². The first-order chi connectivity index (χ1) is 6.77. The minimum atomic E-state index is -0.0473. The van der Waals surface area contributed by atoms with Crippen molar-refractivity contribution in [2.45, 2.75) is 18.9 Å². The van der Waals surface area contributed by atoms with Gasteiger partial charge in [-0.3, -0.25) is 4.79 Å². The predicted octanol–water partition coefficient (Wildman–Crippen LogP) is 0.101. The minimum Gasteiger partial charge on any atom is -0.336 e. The number of carbonyl (C=O) groups is 1. The van der Waals surface area contributed by atoms with Gasteiger partial charge in [0.15, 0.2) is 5.69 Å². The van der Waals surface area contributed by atoms with E-state index in [9.17, 15) is 4.79 Å². The Bertz CT molecular complexity index is 313. The largest absolute Gasteiger partial charge is 0.336 e. The lowest BCUT2D eigenvalue weighted by atomic mass is 10.1. The number of likely N-dealkylation sites (tertiary alicyclic amines) is 1. The van der Waals surface area contributed by atoms with Crippen molar-refractivity contribution in [1.29, 1.82) is 0 Å². The summed E-state index contributed by atoms with van der Waals surface area (Å²) in [6.07, 6.45) is 1.98. The molecule has 2 heterocycles. The summed E-state index contributed by atoms with van der Waals surface area (Å²) in [4.78, 5) is 13.5. The van der Waals surface area contributed by atoms with Gasteiger partial charge in [0.2, 0.25) is 0 Å². The van der Waals surface area contributed by atoms with Gasteiger partial charge in [0.25, 0.3) is 5.91 Å². The lowest BCUT2D eigenvalue weighted by molar-refractivity contribution is 0.0703. The average Bonchev–Trinajstić information content (AvgIpc) is 2.69. The zero-order valence-electron chi connectivity index (χ0n) is 7.72. The van der Waals surface area contributed by atoms with Crippen LogP contribution in [0.3, 0.4) is 0 Å². The number of rotatable bonds is 1. The van der Waals surface area contributed by atoms with Crippen molar-refractivity contribution in [1.82, 2.24) is 14.5 Å². The van der Waals surface area contributed by atoms with E-state index in [1.54, 1.807) is 10.3 Å². The highest BCUT2D eigenvalue weighted by atomic mass is 32.1. The van der Waals surface area contributed by atoms with Gasteiger partial charge >= 0.3 is 0 Å².